The highest BCUT2D eigenvalue weighted by Crippen LogP contribution is 2.27. The largest absolute Gasteiger partial charge is 0.438 e. The standard InChI is InChI=1S/C23H26F2N2O3/c1-2-9-18(20(28)21-26-17-13-6-7-14-19(17)30-21)27-22(29)23(24,25)15-8-12-16-10-4-3-5-11-16/h3-7,10-11,13-14,18,20,28H,2,8-9,12,15H2,1H3,(H,27,29)/t18?,20-/m0/s1. The average Bonchev–Trinajstić information content (AvgIpc) is 3.18. The van der Waals surface area contributed by atoms with Crippen molar-refractivity contribution in [2.45, 2.75) is 57.1 Å². The molecule has 0 aliphatic rings. The van der Waals surface area contributed by atoms with Gasteiger partial charge in [-0.1, -0.05) is 55.8 Å². The molecule has 2 N–H and O–H groups in total. The first-order chi connectivity index (χ1) is 14.4. The number of hydrogen-bond donors (Lipinski definition) is 2. The molecule has 1 heterocycles. The van der Waals surface area contributed by atoms with E-state index < -0.39 is 30.4 Å². The minimum atomic E-state index is -3.53. The number of carbonyl (C=O) groups is 1. The number of oxazole rings is 1. The van der Waals surface area contributed by atoms with Crippen LogP contribution in [0.15, 0.2) is 59.0 Å². The van der Waals surface area contributed by atoms with Crippen molar-refractivity contribution in [3.63, 3.8) is 0 Å². The van der Waals surface area contributed by atoms with Gasteiger partial charge < -0.3 is 14.8 Å². The number of aryl methyl sites for hydroxylation is 1. The quantitative estimate of drug-likeness (QED) is 0.498. The highest BCUT2D eigenvalue weighted by molar-refractivity contribution is 5.83. The Balaban J connectivity index is 1.62. The number of alkyl halides is 2. The Morgan fingerprint density at radius 2 is 1.87 bits per heavy atom. The number of benzene rings is 2. The summed E-state index contributed by atoms with van der Waals surface area (Å²) in [6.07, 6.45) is -0.343. The first-order valence-corrected chi connectivity index (χ1v) is 10.2. The maximum absolute atomic E-state index is 14.4. The van der Waals surface area contributed by atoms with Gasteiger partial charge in [-0.15, -0.1) is 0 Å². The van der Waals surface area contributed by atoms with Crippen molar-refractivity contribution in [1.82, 2.24) is 10.3 Å². The smallest absolute Gasteiger partial charge is 0.324 e. The van der Waals surface area contributed by atoms with E-state index in [0.29, 0.717) is 30.4 Å². The van der Waals surface area contributed by atoms with Crippen LogP contribution in [0.2, 0.25) is 0 Å². The molecule has 0 aliphatic heterocycles. The van der Waals surface area contributed by atoms with Gasteiger partial charge in [0.15, 0.2) is 11.7 Å². The minimum Gasteiger partial charge on any atom is -0.438 e. The Morgan fingerprint density at radius 1 is 1.17 bits per heavy atom. The van der Waals surface area contributed by atoms with Crippen LogP contribution in [0.5, 0.6) is 0 Å². The van der Waals surface area contributed by atoms with E-state index >= 15 is 0 Å². The van der Waals surface area contributed by atoms with Crippen molar-refractivity contribution < 1.29 is 23.1 Å². The van der Waals surface area contributed by atoms with Crippen LogP contribution in [-0.2, 0) is 11.2 Å². The Labute approximate surface area is 174 Å². The number of nitrogens with one attached hydrogen (secondary N) is 1. The van der Waals surface area contributed by atoms with Gasteiger partial charge in [0, 0.05) is 6.42 Å². The van der Waals surface area contributed by atoms with Gasteiger partial charge in [-0.2, -0.15) is 8.78 Å². The summed E-state index contributed by atoms with van der Waals surface area (Å²) in [5.41, 5.74) is 1.99. The average molecular weight is 416 g/mol. The zero-order chi connectivity index (χ0) is 21.6. The molecule has 0 saturated carbocycles. The Kier molecular flexibility index (Phi) is 7.15. The monoisotopic (exact) mass is 416 g/mol. The lowest BCUT2D eigenvalue weighted by Gasteiger charge is -2.24. The van der Waals surface area contributed by atoms with Crippen LogP contribution in [0.25, 0.3) is 11.1 Å². The van der Waals surface area contributed by atoms with E-state index in [9.17, 15) is 18.7 Å². The van der Waals surface area contributed by atoms with Gasteiger partial charge in [0.2, 0.25) is 5.89 Å². The second kappa shape index (κ2) is 9.80. The Bertz CT molecular complexity index is 926. The molecule has 0 spiro atoms. The molecule has 0 bridgehead atoms. The molecule has 7 heteroatoms. The number of aliphatic hydroxyl groups excluding tert-OH is 1. The Morgan fingerprint density at radius 3 is 2.57 bits per heavy atom. The van der Waals surface area contributed by atoms with Crippen molar-refractivity contribution >= 4 is 17.0 Å². The molecule has 2 aromatic carbocycles. The van der Waals surface area contributed by atoms with E-state index in [-0.39, 0.29) is 12.3 Å². The maximum Gasteiger partial charge on any atom is 0.324 e. The SMILES string of the molecule is CCCC(NC(=O)C(F)(F)CCCc1ccccc1)[C@H](O)c1nc2ccccc2o1. The molecule has 30 heavy (non-hydrogen) atoms. The van der Waals surface area contributed by atoms with Crippen LogP contribution in [-0.4, -0.2) is 28.0 Å². The molecule has 3 rings (SSSR count). The van der Waals surface area contributed by atoms with E-state index in [4.69, 9.17) is 4.42 Å². The minimum absolute atomic E-state index is 0.00217. The van der Waals surface area contributed by atoms with Gasteiger partial charge >= 0.3 is 5.92 Å². The molecule has 0 radical (unpaired) electrons. The van der Waals surface area contributed by atoms with Gasteiger partial charge in [0.25, 0.3) is 5.91 Å². The molecule has 3 aromatic rings. The van der Waals surface area contributed by atoms with Gasteiger partial charge in [0.05, 0.1) is 6.04 Å². The fourth-order valence-corrected chi connectivity index (χ4v) is 3.36. The molecule has 0 aliphatic carbocycles. The third-order valence-electron chi connectivity index (χ3n) is 4.99. The van der Waals surface area contributed by atoms with Crippen LogP contribution in [0.3, 0.4) is 0 Å². The zero-order valence-corrected chi connectivity index (χ0v) is 16.9. The van der Waals surface area contributed by atoms with Crippen molar-refractivity contribution in [1.29, 1.82) is 0 Å². The number of aliphatic hydroxyl groups is 1. The van der Waals surface area contributed by atoms with Crippen LogP contribution in [0.1, 0.15) is 50.2 Å². The number of fused-ring (bicyclic) bond motifs is 1. The molecule has 160 valence electrons. The molecule has 1 unspecified atom stereocenters. The van der Waals surface area contributed by atoms with Crippen molar-refractivity contribution in [3.8, 4) is 0 Å². The fourth-order valence-electron chi connectivity index (χ4n) is 3.36. The summed E-state index contributed by atoms with van der Waals surface area (Å²) in [6, 6.07) is 15.4. The zero-order valence-electron chi connectivity index (χ0n) is 16.9. The first-order valence-electron chi connectivity index (χ1n) is 10.2. The molecule has 0 saturated heterocycles. The highest BCUT2D eigenvalue weighted by Gasteiger charge is 2.40. The number of amides is 1. The topological polar surface area (TPSA) is 75.4 Å². The molecule has 2 atom stereocenters. The van der Waals surface area contributed by atoms with Crippen molar-refractivity contribution in [2.24, 2.45) is 0 Å². The molecule has 5 nitrogen and oxygen atoms in total. The number of rotatable bonds is 10. The van der Waals surface area contributed by atoms with Crippen molar-refractivity contribution in [3.05, 3.63) is 66.1 Å². The third-order valence-corrected chi connectivity index (χ3v) is 4.99. The fraction of sp³-hybridized carbons (Fsp3) is 0.391. The summed E-state index contributed by atoms with van der Waals surface area (Å²) in [7, 11) is 0. The highest BCUT2D eigenvalue weighted by atomic mass is 19.3. The number of aromatic nitrogens is 1. The van der Waals surface area contributed by atoms with Crippen LogP contribution in [0, 0.1) is 0 Å². The lowest BCUT2D eigenvalue weighted by Crippen LogP contribution is -2.47. The van der Waals surface area contributed by atoms with E-state index in [0.717, 1.165) is 5.56 Å². The van der Waals surface area contributed by atoms with Crippen LogP contribution in [0.4, 0.5) is 8.78 Å². The van der Waals surface area contributed by atoms with E-state index in [1.807, 2.05) is 37.3 Å². The summed E-state index contributed by atoms with van der Waals surface area (Å²) in [5, 5.41) is 12.9. The maximum atomic E-state index is 14.4. The van der Waals surface area contributed by atoms with E-state index in [2.05, 4.69) is 10.3 Å². The Hall–Kier alpha value is -2.80. The summed E-state index contributed by atoms with van der Waals surface area (Å²) in [6.45, 7) is 1.84. The number of halogens is 2. The second-order valence-electron chi connectivity index (χ2n) is 7.38. The molecular formula is C23H26F2N2O3. The molecule has 1 aromatic heterocycles. The summed E-state index contributed by atoms with van der Waals surface area (Å²) in [4.78, 5) is 16.5. The number of para-hydroxylation sites is 2. The number of nitrogens with zero attached hydrogens (tertiary/aromatic N) is 1. The predicted octanol–water partition coefficient (Wildman–Crippen LogP) is 4.80. The summed E-state index contributed by atoms with van der Waals surface area (Å²) < 4.78 is 34.4. The van der Waals surface area contributed by atoms with Gasteiger partial charge in [0.1, 0.15) is 5.52 Å². The van der Waals surface area contributed by atoms with E-state index in [1.54, 1.807) is 24.3 Å². The number of carbonyl (C=O) groups excluding carboxylic acids is 1. The summed E-state index contributed by atoms with van der Waals surface area (Å²) in [5.74, 6) is -4.91. The predicted molar refractivity (Wildman–Crippen MR) is 110 cm³/mol. The third kappa shape index (κ3) is 5.42. The second-order valence-corrected chi connectivity index (χ2v) is 7.38. The van der Waals surface area contributed by atoms with Gasteiger partial charge in [-0.25, -0.2) is 4.98 Å². The lowest BCUT2D eigenvalue weighted by molar-refractivity contribution is -0.148. The van der Waals surface area contributed by atoms with E-state index in [1.165, 1.54) is 0 Å². The van der Waals surface area contributed by atoms with Gasteiger partial charge in [-0.05, 0) is 37.0 Å². The lowest BCUT2D eigenvalue weighted by atomic mass is 10.0. The number of hydrogen-bond acceptors (Lipinski definition) is 4. The molecule has 0 fully saturated rings. The molecule has 1 amide bonds. The van der Waals surface area contributed by atoms with Gasteiger partial charge in [-0.3, -0.25) is 4.79 Å². The normalized spacial score (nSPS) is 13.9. The van der Waals surface area contributed by atoms with Crippen LogP contribution < -0.4 is 5.32 Å². The van der Waals surface area contributed by atoms with Crippen molar-refractivity contribution in [2.75, 3.05) is 0 Å². The molecular weight excluding hydrogens is 390 g/mol. The summed E-state index contributed by atoms with van der Waals surface area (Å²) >= 11 is 0. The van der Waals surface area contributed by atoms with Crippen LogP contribution >= 0.6 is 0 Å². The first kappa shape index (κ1) is 21.9.